The second-order valence-electron chi connectivity index (χ2n) is 5.72. The lowest BCUT2D eigenvalue weighted by Gasteiger charge is -2.54. The molecule has 1 spiro atoms. The molecule has 0 saturated carbocycles. The maximum atomic E-state index is 4.54. The second-order valence-corrected chi connectivity index (χ2v) is 5.72. The number of aryl methyl sites for hydroxylation is 1. The van der Waals surface area contributed by atoms with Crippen LogP contribution in [0.4, 0.5) is 5.82 Å². The molecule has 1 aromatic heterocycles. The highest BCUT2D eigenvalue weighted by atomic mass is 15.3. The maximum Gasteiger partial charge on any atom is 0.147 e. The van der Waals surface area contributed by atoms with Crippen molar-refractivity contribution in [1.29, 1.82) is 0 Å². The van der Waals surface area contributed by atoms with E-state index < -0.39 is 0 Å². The van der Waals surface area contributed by atoms with E-state index in [-0.39, 0.29) is 0 Å². The van der Waals surface area contributed by atoms with Gasteiger partial charge in [-0.15, -0.1) is 0 Å². The molecule has 2 aliphatic heterocycles. The molecule has 0 amide bonds. The summed E-state index contributed by atoms with van der Waals surface area (Å²) in [5, 5.41) is 0. The van der Waals surface area contributed by atoms with Crippen molar-refractivity contribution in [3.05, 3.63) is 18.1 Å². The van der Waals surface area contributed by atoms with Crippen LogP contribution < -0.4 is 4.90 Å². The average molecular weight is 232 g/mol. The minimum absolute atomic E-state index is 0.526. The standard InChI is InChI=1S/C13H20N4/c1-11-6-14-7-12(15-11)17-9-13(10-17)4-3-5-16(2)8-13/h6-7H,3-5,8-10H2,1-2H3. The van der Waals surface area contributed by atoms with Gasteiger partial charge in [0.05, 0.1) is 11.9 Å². The summed E-state index contributed by atoms with van der Waals surface area (Å²) in [6, 6.07) is 0. The van der Waals surface area contributed by atoms with E-state index in [1.807, 2.05) is 19.3 Å². The molecular formula is C13H20N4. The van der Waals surface area contributed by atoms with Gasteiger partial charge >= 0.3 is 0 Å². The Hall–Kier alpha value is -1.16. The molecule has 0 radical (unpaired) electrons. The average Bonchev–Trinajstić information content (AvgIpc) is 2.25. The number of hydrogen-bond acceptors (Lipinski definition) is 4. The van der Waals surface area contributed by atoms with Crippen molar-refractivity contribution in [2.75, 3.05) is 38.1 Å². The summed E-state index contributed by atoms with van der Waals surface area (Å²) in [6.45, 7) is 6.79. The first-order valence-electron chi connectivity index (χ1n) is 6.39. The molecule has 1 aromatic rings. The maximum absolute atomic E-state index is 4.54. The minimum atomic E-state index is 0.526. The van der Waals surface area contributed by atoms with E-state index in [4.69, 9.17) is 0 Å². The fraction of sp³-hybridized carbons (Fsp3) is 0.692. The number of piperidine rings is 1. The number of rotatable bonds is 1. The van der Waals surface area contributed by atoms with E-state index in [2.05, 4.69) is 26.8 Å². The van der Waals surface area contributed by atoms with E-state index in [1.165, 1.54) is 25.9 Å². The second kappa shape index (κ2) is 3.95. The fourth-order valence-corrected chi connectivity index (χ4v) is 3.24. The molecule has 0 atom stereocenters. The highest BCUT2D eigenvalue weighted by molar-refractivity contribution is 5.41. The third-order valence-corrected chi connectivity index (χ3v) is 3.97. The van der Waals surface area contributed by atoms with Gasteiger partial charge in [-0.2, -0.15) is 0 Å². The Morgan fingerprint density at radius 3 is 2.76 bits per heavy atom. The van der Waals surface area contributed by atoms with Gasteiger partial charge in [-0.05, 0) is 33.4 Å². The van der Waals surface area contributed by atoms with Gasteiger partial charge in [0.2, 0.25) is 0 Å². The zero-order chi connectivity index (χ0) is 11.9. The molecule has 0 N–H and O–H groups in total. The molecule has 4 heteroatoms. The monoisotopic (exact) mass is 232 g/mol. The van der Waals surface area contributed by atoms with Crippen LogP contribution in [0, 0.1) is 12.3 Å². The summed E-state index contributed by atoms with van der Waals surface area (Å²) in [4.78, 5) is 13.6. The summed E-state index contributed by atoms with van der Waals surface area (Å²) >= 11 is 0. The van der Waals surface area contributed by atoms with Crippen molar-refractivity contribution in [2.24, 2.45) is 5.41 Å². The van der Waals surface area contributed by atoms with Crippen molar-refractivity contribution >= 4 is 5.82 Å². The molecule has 0 aliphatic carbocycles. The van der Waals surface area contributed by atoms with Gasteiger partial charge < -0.3 is 9.80 Å². The van der Waals surface area contributed by atoms with Gasteiger partial charge in [0.15, 0.2) is 0 Å². The summed E-state index contributed by atoms with van der Waals surface area (Å²) < 4.78 is 0. The molecule has 0 unspecified atom stereocenters. The number of likely N-dealkylation sites (tertiary alicyclic amines) is 1. The van der Waals surface area contributed by atoms with Gasteiger partial charge in [0.25, 0.3) is 0 Å². The number of anilines is 1. The van der Waals surface area contributed by atoms with Crippen LogP contribution in [-0.2, 0) is 0 Å². The van der Waals surface area contributed by atoms with Crippen LogP contribution in [-0.4, -0.2) is 48.1 Å². The summed E-state index contributed by atoms with van der Waals surface area (Å²) in [7, 11) is 2.23. The van der Waals surface area contributed by atoms with Gasteiger partial charge in [-0.3, -0.25) is 4.98 Å². The lowest BCUT2D eigenvalue weighted by Crippen LogP contribution is -2.62. The van der Waals surface area contributed by atoms with E-state index in [1.54, 1.807) is 0 Å². The Balaban J connectivity index is 1.68. The molecule has 17 heavy (non-hydrogen) atoms. The van der Waals surface area contributed by atoms with Crippen LogP contribution in [0.3, 0.4) is 0 Å². The lowest BCUT2D eigenvalue weighted by atomic mass is 9.73. The molecule has 3 heterocycles. The Bertz CT molecular complexity index is 412. The van der Waals surface area contributed by atoms with Crippen molar-refractivity contribution in [2.45, 2.75) is 19.8 Å². The summed E-state index contributed by atoms with van der Waals surface area (Å²) in [6.07, 6.45) is 6.40. The minimum Gasteiger partial charge on any atom is -0.354 e. The van der Waals surface area contributed by atoms with Gasteiger partial charge in [0, 0.05) is 31.2 Å². The first-order valence-corrected chi connectivity index (χ1v) is 6.39. The van der Waals surface area contributed by atoms with Crippen molar-refractivity contribution in [3.63, 3.8) is 0 Å². The van der Waals surface area contributed by atoms with Crippen LogP contribution in [0.5, 0.6) is 0 Å². The Morgan fingerprint density at radius 2 is 2.06 bits per heavy atom. The van der Waals surface area contributed by atoms with E-state index >= 15 is 0 Å². The summed E-state index contributed by atoms with van der Waals surface area (Å²) in [5.41, 5.74) is 1.53. The zero-order valence-corrected chi connectivity index (χ0v) is 10.7. The molecule has 3 rings (SSSR count). The molecular weight excluding hydrogens is 212 g/mol. The van der Waals surface area contributed by atoms with Crippen LogP contribution in [0.25, 0.3) is 0 Å². The van der Waals surface area contributed by atoms with E-state index in [0.717, 1.165) is 24.6 Å². The third kappa shape index (κ3) is 2.02. The number of nitrogens with zero attached hydrogens (tertiary/aromatic N) is 4. The van der Waals surface area contributed by atoms with Gasteiger partial charge in [0.1, 0.15) is 5.82 Å². The van der Waals surface area contributed by atoms with E-state index in [9.17, 15) is 0 Å². The largest absolute Gasteiger partial charge is 0.354 e. The normalized spacial score (nSPS) is 23.8. The number of hydrogen-bond donors (Lipinski definition) is 0. The fourth-order valence-electron chi connectivity index (χ4n) is 3.24. The van der Waals surface area contributed by atoms with Gasteiger partial charge in [-0.1, -0.05) is 0 Å². The highest BCUT2D eigenvalue weighted by Gasteiger charge is 2.45. The topological polar surface area (TPSA) is 32.3 Å². The third-order valence-electron chi connectivity index (χ3n) is 3.97. The molecule has 2 saturated heterocycles. The Kier molecular flexibility index (Phi) is 2.54. The molecule has 0 aromatic carbocycles. The predicted molar refractivity (Wildman–Crippen MR) is 68.1 cm³/mol. The van der Waals surface area contributed by atoms with E-state index in [0.29, 0.717) is 5.41 Å². The van der Waals surface area contributed by atoms with Crippen LogP contribution in [0.2, 0.25) is 0 Å². The first-order chi connectivity index (χ1) is 8.17. The van der Waals surface area contributed by atoms with Crippen LogP contribution >= 0.6 is 0 Å². The molecule has 92 valence electrons. The number of aromatic nitrogens is 2. The molecule has 2 aliphatic rings. The van der Waals surface area contributed by atoms with Crippen LogP contribution in [0.15, 0.2) is 12.4 Å². The quantitative estimate of drug-likeness (QED) is 0.731. The van der Waals surface area contributed by atoms with Crippen molar-refractivity contribution < 1.29 is 0 Å². The SMILES string of the molecule is Cc1cncc(N2CC3(CCCN(C)C3)C2)n1. The lowest BCUT2D eigenvalue weighted by molar-refractivity contribution is 0.0777. The van der Waals surface area contributed by atoms with Crippen LogP contribution in [0.1, 0.15) is 18.5 Å². The highest BCUT2D eigenvalue weighted by Crippen LogP contribution is 2.40. The van der Waals surface area contributed by atoms with Crippen molar-refractivity contribution in [3.8, 4) is 0 Å². The zero-order valence-electron chi connectivity index (χ0n) is 10.7. The Morgan fingerprint density at radius 1 is 1.24 bits per heavy atom. The molecule has 2 fully saturated rings. The Labute approximate surface area is 103 Å². The summed E-state index contributed by atoms with van der Waals surface area (Å²) in [5.74, 6) is 1.05. The van der Waals surface area contributed by atoms with Gasteiger partial charge in [-0.25, -0.2) is 4.98 Å². The molecule has 4 nitrogen and oxygen atoms in total. The molecule has 0 bridgehead atoms. The first kappa shape index (κ1) is 11.0. The predicted octanol–water partition coefficient (Wildman–Crippen LogP) is 1.32. The van der Waals surface area contributed by atoms with Crippen molar-refractivity contribution in [1.82, 2.24) is 14.9 Å². The smallest absolute Gasteiger partial charge is 0.147 e.